The molecule has 0 unspecified atom stereocenters. The number of anilines is 1. The van der Waals surface area contributed by atoms with Gasteiger partial charge in [-0.2, -0.15) is 5.26 Å². The van der Waals surface area contributed by atoms with Crippen molar-refractivity contribution in [2.75, 3.05) is 11.9 Å². The van der Waals surface area contributed by atoms with E-state index in [2.05, 4.69) is 5.32 Å². The molecule has 17 heavy (non-hydrogen) atoms. The van der Waals surface area contributed by atoms with Gasteiger partial charge in [0.25, 0.3) is 0 Å². The molecule has 0 saturated carbocycles. The first-order valence-electron chi connectivity index (χ1n) is 4.77. The molecule has 0 radical (unpaired) electrons. The van der Waals surface area contributed by atoms with Crippen LogP contribution in [0.2, 0.25) is 0 Å². The zero-order chi connectivity index (χ0) is 12.8. The number of nitrogens with zero attached hydrogens (tertiary/aromatic N) is 1. The van der Waals surface area contributed by atoms with Crippen LogP contribution in [0, 0.1) is 11.3 Å². The lowest BCUT2D eigenvalue weighted by molar-refractivity contribution is 0.0696. The third-order valence-electron chi connectivity index (χ3n) is 2.05. The van der Waals surface area contributed by atoms with Crippen LogP contribution >= 0.6 is 0 Å². The van der Waals surface area contributed by atoms with Crippen LogP contribution in [-0.4, -0.2) is 28.7 Å². The van der Waals surface area contributed by atoms with Crippen LogP contribution in [0.5, 0.6) is 0 Å². The van der Waals surface area contributed by atoms with Crippen molar-refractivity contribution in [2.24, 2.45) is 0 Å². The maximum atomic E-state index is 10.9. The van der Waals surface area contributed by atoms with Gasteiger partial charge in [-0.3, -0.25) is 0 Å². The average Bonchev–Trinajstić information content (AvgIpc) is 2.29. The Morgan fingerprint density at radius 2 is 2.00 bits per heavy atom. The number of carboxylic acids is 2. The molecule has 0 aliphatic rings. The second-order valence-corrected chi connectivity index (χ2v) is 3.21. The maximum absolute atomic E-state index is 10.9. The lowest BCUT2D eigenvalue weighted by Gasteiger charge is -2.08. The van der Waals surface area contributed by atoms with Crippen LogP contribution in [0.1, 0.15) is 27.1 Å². The number of carbonyl (C=O) groups is 2. The first kappa shape index (κ1) is 12.5. The van der Waals surface area contributed by atoms with Crippen molar-refractivity contribution in [2.45, 2.75) is 6.42 Å². The minimum absolute atomic E-state index is 0.0896. The Morgan fingerprint density at radius 1 is 1.29 bits per heavy atom. The number of benzene rings is 1. The van der Waals surface area contributed by atoms with Gasteiger partial charge in [-0.05, 0) is 18.2 Å². The van der Waals surface area contributed by atoms with Crippen molar-refractivity contribution in [3.8, 4) is 6.07 Å². The summed E-state index contributed by atoms with van der Waals surface area (Å²) >= 11 is 0. The van der Waals surface area contributed by atoms with Gasteiger partial charge in [-0.15, -0.1) is 0 Å². The number of nitriles is 1. The summed E-state index contributed by atoms with van der Waals surface area (Å²) in [4.78, 5) is 21.6. The highest BCUT2D eigenvalue weighted by atomic mass is 16.4. The lowest BCUT2D eigenvalue weighted by Crippen LogP contribution is -2.09. The number of hydrogen-bond acceptors (Lipinski definition) is 4. The van der Waals surface area contributed by atoms with E-state index in [0.717, 1.165) is 6.07 Å². The van der Waals surface area contributed by atoms with Crippen LogP contribution in [0.25, 0.3) is 0 Å². The van der Waals surface area contributed by atoms with E-state index in [1.54, 1.807) is 0 Å². The lowest BCUT2D eigenvalue weighted by atomic mass is 10.1. The van der Waals surface area contributed by atoms with Gasteiger partial charge in [0.15, 0.2) is 0 Å². The van der Waals surface area contributed by atoms with Gasteiger partial charge in [0.2, 0.25) is 0 Å². The smallest absolute Gasteiger partial charge is 0.337 e. The molecule has 6 nitrogen and oxygen atoms in total. The highest BCUT2D eigenvalue weighted by molar-refractivity contribution is 5.98. The molecule has 0 atom stereocenters. The van der Waals surface area contributed by atoms with Gasteiger partial charge in [0, 0.05) is 12.2 Å². The number of nitrogens with one attached hydrogen (secondary N) is 1. The predicted octanol–water partition coefficient (Wildman–Crippen LogP) is 1.41. The Bertz CT molecular complexity index is 491. The molecule has 0 aliphatic heterocycles. The summed E-state index contributed by atoms with van der Waals surface area (Å²) in [5, 5.41) is 28.8. The molecular formula is C11H10N2O4. The molecule has 1 rings (SSSR count). The summed E-state index contributed by atoms with van der Waals surface area (Å²) in [6, 6.07) is 5.68. The molecule has 0 aromatic heterocycles. The Labute approximate surface area is 97.1 Å². The number of hydrogen-bond donors (Lipinski definition) is 3. The first-order valence-corrected chi connectivity index (χ1v) is 4.77. The summed E-state index contributed by atoms with van der Waals surface area (Å²) in [7, 11) is 0. The summed E-state index contributed by atoms with van der Waals surface area (Å²) in [6.07, 6.45) is 0.236. The zero-order valence-electron chi connectivity index (χ0n) is 8.80. The van der Waals surface area contributed by atoms with Gasteiger partial charge in [-0.25, -0.2) is 9.59 Å². The molecule has 88 valence electrons. The van der Waals surface area contributed by atoms with Crippen molar-refractivity contribution in [1.82, 2.24) is 0 Å². The van der Waals surface area contributed by atoms with E-state index in [-0.39, 0.29) is 17.5 Å². The monoisotopic (exact) mass is 234 g/mol. The minimum atomic E-state index is -1.22. The van der Waals surface area contributed by atoms with E-state index in [1.807, 2.05) is 6.07 Å². The van der Waals surface area contributed by atoms with Crippen molar-refractivity contribution in [1.29, 1.82) is 5.26 Å². The van der Waals surface area contributed by atoms with Gasteiger partial charge < -0.3 is 15.5 Å². The average molecular weight is 234 g/mol. The molecule has 1 aromatic carbocycles. The topological polar surface area (TPSA) is 110 Å². The molecule has 6 heteroatoms. The quantitative estimate of drug-likeness (QED) is 0.664. The number of aromatic carboxylic acids is 2. The van der Waals surface area contributed by atoms with E-state index < -0.39 is 11.9 Å². The van der Waals surface area contributed by atoms with Gasteiger partial charge in [-0.1, -0.05) is 0 Å². The Morgan fingerprint density at radius 3 is 2.53 bits per heavy atom. The molecule has 0 fully saturated rings. The molecular weight excluding hydrogens is 224 g/mol. The van der Waals surface area contributed by atoms with Crippen LogP contribution in [0.4, 0.5) is 5.69 Å². The van der Waals surface area contributed by atoms with Crippen LogP contribution in [-0.2, 0) is 0 Å². The Balaban J connectivity index is 3.01. The molecule has 3 N–H and O–H groups in total. The largest absolute Gasteiger partial charge is 0.478 e. The Hall–Kier alpha value is -2.55. The standard InChI is InChI=1S/C11H10N2O4/c12-4-1-5-13-9-3-2-7(10(14)15)6-8(9)11(16)17/h2-3,6,13H,1,5H2,(H,14,15)(H,16,17). The Kier molecular flexibility index (Phi) is 4.06. The van der Waals surface area contributed by atoms with Crippen molar-refractivity contribution in [3.05, 3.63) is 29.3 Å². The van der Waals surface area contributed by atoms with E-state index in [0.29, 0.717) is 12.2 Å². The fraction of sp³-hybridized carbons (Fsp3) is 0.182. The summed E-state index contributed by atoms with van der Waals surface area (Å²) in [6.45, 7) is 0.309. The SMILES string of the molecule is N#CCCNc1ccc(C(=O)O)cc1C(=O)O. The molecule has 1 aromatic rings. The highest BCUT2D eigenvalue weighted by Crippen LogP contribution is 2.17. The summed E-state index contributed by atoms with van der Waals surface area (Å²) in [5.74, 6) is -2.40. The highest BCUT2D eigenvalue weighted by Gasteiger charge is 2.13. The second-order valence-electron chi connectivity index (χ2n) is 3.21. The normalized spacial score (nSPS) is 9.35. The summed E-state index contributed by atoms with van der Waals surface area (Å²) < 4.78 is 0. The fourth-order valence-corrected chi connectivity index (χ4v) is 1.26. The maximum Gasteiger partial charge on any atom is 0.337 e. The summed E-state index contributed by atoms with van der Waals surface area (Å²) in [5.41, 5.74) is 0.0915. The zero-order valence-corrected chi connectivity index (χ0v) is 8.80. The number of rotatable bonds is 5. The molecule has 0 aliphatic carbocycles. The van der Waals surface area contributed by atoms with Gasteiger partial charge in [0.1, 0.15) is 0 Å². The van der Waals surface area contributed by atoms with Crippen molar-refractivity contribution in [3.63, 3.8) is 0 Å². The van der Waals surface area contributed by atoms with Crippen molar-refractivity contribution < 1.29 is 19.8 Å². The molecule has 0 amide bonds. The minimum Gasteiger partial charge on any atom is -0.478 e. The number of carboxylic acid groups (broad SMARTS) is 2. The third-order valence-corrected chi connectivity index (χ3v) is 2.05. The molecule has 0 heterocycles. The molecule has 0 spiro atoms. The molecule has 0 bridgehead atoms. The van der Waals surface area contributed by atoms with E-state index >= 15 is 0 Å². The first-order chi connectivity index (χ1) is 8.06. The fourth-order valence-electron chi connectivity index (χ4n) is 1.26. The van der Waals surface area contributed by atoms with Gasteiger partial charge >= 0.3 is 11.9 Å². The van der Waals surface area contributed by atoms with E-state index in [9.17, 15) is 9.59 Å². The van der Waals surface area contributed by atoms with Crippen molar-refractivity contribution >= 4 is 17.6 Å². The van der Waals surface area contributed by atoms with Crippen LogP contribution < -0.4 is 5.32 Å². The van der Waals surface area contributed by atoms with E-state index in [4.69, 9.17) is 15.5 Å². The van der Waals surface area contributed by atoms with E-state index in [1.165, 1.54) is 12.1 Å². The molecule has 0 saturated heterocycles. The van der Waals surface area contributed by atoms with Crippen LogP contribution in [0.3, 0.4) is 0 Å². The second kappa shape index (κ2) is 5.51. The third kappa shape index (κ3) is 3.21. The van der Waals surface area contributed by atoms with Crippen LogP contribution in [0.15, 0.2) is 18.2 Å². The predicted molar refractivity (Wildman–Crippen MR) is 59.1 cm³/mol. The van der Waals surface area contributed by atoms with Gasteiger partial charge in [0.05, 0.1) is 23.6 Å².